The van der Waals surface area contributed by atoms with Gasteiger partial charge in [-0.15, -0.1) is 0 Å². The minimum atomic E-state index is 0.823. The molecular weight excluding hydrogens is 182 g/mol. The predicted octanol–water partition coefficient (Wildman–Crippen LogP) is 1.50. The van der Waals surface area contributed by atoms with Gasteiger partial charge in [0.25, 0.3) is 0 Å². The summed E-state index contributed by atoms with van der Waals surface area (Å²) < 4.78 is 0. The Balaban J connectivity index is 1.72. The molecule has 0 spiro atoms. The molecule has 0 amide bonds. The Hall–Kier alpha value is -0.480. The standard InChI is InChI=1S/C9H15N3S/c1-2-8(6-10-3-1)7-13-9-11-4-5-12-9/h4-5,8,10H,1-3,6-7H2,(H,11,12). The van der Waals surface area contributed by atoms with Crippen LogP contribution in [0.1, 0.15) is 12.8 Å². The van der Waals surface area contributed by atoms with Crippen LogP contribution in [0.4, 0.5) is 0 Å². The molecule has 3 nitrogen and oxygen atoms in total. The molecule has 0 aliphatic carbocycles. The van der Waals surface area contributed by atoms with E-state index in [2.05, 4.69) is 15.3 Å². The second-order valence-corrected chi connectivity index (χ2v) is 4.43. The predicted molar refractivity (Wildman–Crippen MR) is 54.9 cm³/mol. The van der Waals surface area contributed by atoms with Crippen LogP contribution >= 0.6 is 11.8 Å². The van der Waals surface area contributed by atoms with Gasteiger partial charge in [-0.05, 0) is 31.8 Å². The average Bonchev–Trinajstić information content (AvgIpc) is 2.69. The molecule has 1 fully saturated rings. The van der Waals surface area contributed by atoms with Crippen molar-refractivity contribution in [3.05, 3.63) is 12.4 Å². The zero-order valence-electron chi connectivity index (χ0n) is 7.62. The van der Waals surface area contributed by atoms with Crippen LogP contribution in [0, 0.1) is 5.92 Å². The Bertz CT molecular complexity index is 229. The molecule has 1 aliphatic heterocycles. The number of thioether (sulfide) groups is 1. The number of H-pyrrole nitrogens is 1. The number of aromatic nitrogens is 2. The first-order valence-electron chi connectivity index (χ1n) is 4.78. The quantitative estimate of drug-likeness (QED) is 0.721. The van der Waals surface area contributed by atoms with Crippen LogP contribution in [0.25, 0.3) is 0 Å². The molecule has 1 atom stereocenters. The van der Waals surface area contributed by atoms with Gasteiger partial charge >= 0.3 is 0 Å². The lowest BCUT2D eigenvalue weighted by Crippen LogP contribution is -2.30. The highest BCUT2D eigenvalue weighted by atomic mass is 32.2. The summed E-state index contributed by atoms with van der Waals surface area (Å²) in [7, 11) is 0. The number of aromatic amines is 1. The normalized spacial score (nSPS) is 23.2. The maximum absolute atomic E-state index is 4.19. The smallest absolute Gasteiger partial charge is 0.165 e. The molecule has 13 heavy (non-hydrogen) atoms. The summed E-state index contributed by atoms with van der Waals surface area (Å²) in [5, 5.41) is 4.47. The van der Waals surface area contributed by atoms with Gasteiger partial charge in [-0.2, -0.15) is 0 Å². The first-order valence-corrected chi connectivity index (χ1v) is 5.76. The second-order valence-electron chi connectivity index (χ2n) is 3.42. The number of hydrogen-bond acceptors (Lipinski definition) is 3. The monoisotopic (exact) mass is 197 g/mol. The van der Waals surface area contributed by atoms with Gasteiger partial charge in [0.2, 0.25) is 0 Å². The van der Waals surface area contributed by atoms with Crippen LogP contribution in [0.5, 0.6) is 0 Å². The van der Waals surface area contributed by atoms with Crippen molar-refractivity contribution in [1.29, 1.82) is 0 Å². The van der Waals surface area contributed by atoms with Crippen LogP contribution in [-0.4, -0.2) is 28.8 Å². The SMILES string of the molecule is c1c[nH]c(SCC2CCCNC2)n1. The van der Waals surface area contributed by atoms with Crippen molar-refractivity contribution in [2.24, 2.45) is 5.92 Å². The number of imidazole rings is 1. The van der Waals surface area contributed by atoms with E-state index in [-0.39, 0.29) is 0 Å². The van der Waals surface area contributed by atoms with Gasteiger partial charge in [0.1, 0.15) is 0 Å². The van der Waals surface area contributed by atoms with Gasteiger partial charge in [0.15, 0.2) is 5.16 Å². The molecule has 0 aromatic carbocycles. The Kier molecular flexibility index (Phi) is 3.27. The van der Waals surface area contributed by atoms with Crippen LogP contribution in [0.2, 0.25) is 0 Å². The van der Waals surface area contributed by atoms with Crippen LogP contribution in [0.15, 0.2) is 17.6 Å². The third kappa shape index (κ3) is 2.74. The molecule has 1 aliphatic rings. The fraction of sp³-hybridized carbons (Fsp3) is 0.667. The number of nitrogens with zero attached hydrogens (tertiary/aromatic N) is 1. The fourth-order valence-corrected chi connectivity index (χ4v) is 2.56. The molecule has 1 unspecified atom stereocenters. The summed E-state index contributed by atoms with van der Waals surface area (Å²) in [6.45, 7) is 2.37. The number of rotatable bonds is 3. The maximum Gasteiger partial charge on any atom is 0.165 e. The molecule has 4 heteroatoms. The summed E-state index contributed by atoms with van der Waals surface area (Å²) in [6, 6.07) is 0. The minimum absolute atomic E-state index is 0.823. The van der Waals surface area contributed by atoms with E-state index in [9.17, 15) is 0 Å². The Morgan fingerprint density at radius 2 is 2.62 bits per heavy atom. The van der Waals surface area contributed by atoms with E-state index in [1.807, 2.05) is 18.0 Å². The molecule has 2 heterocycles. The Morgan fingerprint density at radius 1 is 1.62 bits per heavy atom. The van der Waals surface area contributed by atoms with E-state index < -0.39 is 0 Å². The summed E-state index contributed by atoms with van der Waals surface area (Å²) in [4.78, 5) is 7.30. The van der Waals surface area contributed by atoms with Crippen LogP contribution < -0.4 is 5.32 Å². The Morgan fingerprint density at radius 3 is 3.31 bits per heavy atom. The molecule has 1 saturated heterocycles. The number of piperidine rings is 1. The van der Waals surface area contributed by atoms with Crippen molar-refractivity contribution >= 4 is 11.8 Å². The van der Waals surface area contributed by atoms with Crippen molar-refractivity contribution in [1.82, 2.24) is 15.3 Å². The largest absolute Gasteiger partial charge is 0.340 e. The molecule has 2 N–H and O–H groups in total. The first kappa shape index (κ1) is 9.09. The van der Waals surface area contributed by atoms with E-state index in [0.717, 1.165) is 11.1 Å². The molecule has 2 rings (SSSR count). The first-order chi connectivity index (χ1) is 6.45. The summed E-state index contributed by atoms with van der Waals surface area (Å²) in [5.41, 5.74) is 0. The molecule has 0 saturated carbocycles. The van der Waals surface area contributed by atoms with Gasteiger partial charge in [-0.25, -0.2) is 4.98 Å². The van der Waals surface area contributed by atoms with Gasteiger partial charge in [-0.3, -0.25) is 0 Å². The molecule has 0 radical (unpaired) electrons. The maximum atomic E-state index is 4.19. The lowest BCUT2D eigenvalue weighted by atomic mass is 10.0. The molecule has 0 bridgehead atoms. The zero-order valence-corrected chi connectivity index (χ0v) is 8.44. The van der Waals surface area contributed by atoms with Crippen LogP contribution in [-0.2, 0) is 0 Å². The summed E-state index contributed by atoms with van der Waals surface area (Å²) >= 11 is 1.83. The van der Waals surface area contributed by atoms with Gasteiger partial charge in [0.05, 0.1) is 0 Å². The highest BCUT2D eigenvalue weighted by molar-refractivity contribution is 7.99. The Labute approximate surface area is 82.7 Å². The van der Waals surface area contributed by atoms with E-state index in [1.165, 1.54) is 31.7 Å². The molecule has 1 aromatic rings. The third-order valence-corrected chi connectivity index (χ3v) is 3.46. The van der Waals surface area contributed by atoms with E-state index in [4.69, 9.17) is 0 Å². The number of hydrogen-bond donors (Lipinski definition) is 2. The van der Waals surface area contributed by atoms with E-state index >= 15 is 0 Å². The summed E-state index contributed by atoms with van der Waals surface area (Å²) in [5.74, 6) is 2.00. The van der Waals surface area contributed by atoms with Crippen molar-refractivity contribution < 1.29 is 0 Å². The second kappa shape index (κ2) is 4.67. The minimum Gasteiger partial charge on any atom is -0.340 e. The highest BCUT2D eigenvalue weighted by Crippen LogP contribution is 2.20. The van der Waals surface area contributed by atoms with Crippen molar-refractivity contribution in [2.45, 2.75) is 18.0 Å². The van der Waals surface area contributed by atoms with E-state index in [1.54, 1.807) is 6.20 Å². The van der Waals surface area contributed by atoms with E-state index in [0.29, 0.717) is 0 Å². The molecule has 1 aromatic heterocycles. The average molecular weight is 197 g/mol. The van der Waals surface area contributed by atoms with Crippen molar-refractivity contribution in [2.75, 3.05) is 18.8 Å². The lowest BCUT2D eigenvalue weighted by molar-refractivity contribution is 0.410. The number of nitrogens with one attached hydrogen (secondary N) is 2. The van der Waals surface area contributed by atoms with Crippen molar-refractivity contribution in [3.8, 4) is 0 Å². The lowest BCUT2D eigenvalue weighted by Gasteiger charge is -2.21. The third-order valence-electron chi connectivity index (χ3n) is 2.33. The topological polar surface area (TPSA) is 40.7 Å². The van der Waals surface area contributed by atoms with Crippen LogP contribution in [0.3, 0.4) is 0 Å². The highest BCUT2D eigenvalue weighted by Gasteiger charge is 2.13. The molecular formula is C9H15N3S. The fourth-order valence-electron chi connectivity index (χ4n) is 1.59. The zero-order chi connectivity index (χ0) is 8.93. The summed E-state index contributed by atoms with van der Waals surface area (Å²) in [6.07, 6.45) is 6.37. The van der Waals surface area contributed by atoms with Gasteiger partial charge in [-0.1, -0.05) is 11.8 Å². The van der Waals surface area contributed by atoms with Crippen molar-refractivity contribution in [3.63, 3.8) is 0 Å². The molecule has 72 valence electrons. The van der Waals surface area contributed by atoms with Gasteiger partial charge < -0.3 is 10.3 Å². The van der Waals surface area contributed by atoms with Gasteiger partial charge in [0, 0.05) is 18.1 Å².